The number of hydrogen-bond donors (Lipinski definition) is 6. The van der Waals surface area contributed by atoms with Crippen LogP contribution in [0.1, 0.15) is 0 Å². The van der Waals surface area contributed by atoms with E-state index in [4.69, 9.17) is 14.9 Å². The Labute approximate surface area is 90.1 Å². The molecule has 1 heterocycles. The van der Waals surface area contributed by atoms with Gasteiger partial charge in [-0.05, 0) is 0 Å². The third-order valence-corrected chi connectivity index (χ3v) is 2.57. The van der Waals surface area contributed by atoms with Crippen LogP contribution in [0.15, 0.2) is 0 Å². The summed E-state index contributed by atoms with van der Waals surface area (Å²) >= 11 is 0. The average molecular weight is 260 g/mol. The van der Waals surface area contributed by atoms with Crippen molar-refractivity contribution in [1.29, 1.82) is 0 Å². The minimum Gasteiger partial charge on any atom is -0.394 e. The highest BCUT2D eigenvalue weighted by Gasteiger charge is 2.46. The van der Waals surface area contributed by atoms with Gasteiger partial charge < -0.3 is 34.9 Å². The summed E-state index contributed by atoms with van der Waals surface area (Å²) in [6.07, 6.45) is -8.25. The maximum Gasteiger partial charge on any atom is 0.472 e. The van der Waals surface area contributed by atoms with Gasteiger partial charge in [0.25, 0.3) is 0 Å². The van der Waals surface area contributed by atoms with Crippen LogP contribution in [0.4, 0.5) is 0 Å². The summed E-state index contributed by atoms with van der Waals surface area (Å²) in [7, 11) is -4.91. The van der Waals surface area contributed by atoms with Crippen molar-refractivity contribution in [3.05, 3.63) is 0 Å². The summed E-state index contributed by atoms with van der Waals surface area (Å²) < 4.78 is 19.2. The van der Waals surface area contributed by atoms with Gasteiger partial charge in [-0.15, -0.1) is 0 Å². The monoisotopic (exact) mass is 260 g/mol. The van der Waals surface area contributed by atoms with Gasteiger partial charge in [-0.2, -0.15) is 0 Å². The maximum atomic E-state index is 10.5. The third kappa shape index (κ3) is 3.20. The van der Waals surface area contributed by atoms with Crippen molar-refractivity contribution in [1.82, 2.24) is 0 Å². The SMILES string of the molecule is O=P(O)(O)O[C@H]1OC(CO)[C@@H](O)C(O)[C@@H]1O. The first-order valence-corrected chi connectivity index (χ1v) is 5.83. The van der Waals surface area contributed by atoms with Gasteiger partial charge >= 0.3 is 7.82 Å². The van der Waals surface area contributed by atoms with Gasteiger partial charge in [0.05, 0.1) is 6.61 Å². The lowest BCUT2D eigenvalue weighted by Crippen LogP contribution is -2.58. The number of aliphatic hydroxyl groups is 4. The molecule has 1 saturated heterocycles. The number of phosphoric acid groups is 1. The zero-order valence-electron chi connectivity index (χ0n) is 7.95. The van der Waals surface area contributed by atoms with Crippen molar-refractivity contribution < 1.29 is 44.0 Å². The third-order valence-electron chi connectivity index (χ3n) is 2.09. The molecule has 1 fully saturated rings. The van der Waals surface area contributed by atoms with Gasteiger partial charge in [0.2, 0.25) is 0 Å². The predicted molar refractivity (Wildman–Crippen MR) is 46.9 cm³/mol. The molecule has 16 heavy (non-hydrogen) atoms. The van der Waals surface area contributed by atoms with Crippen LogP contribution in [-0.2, 0) is 13.8 Å². The zero-order chi connectivity index (χ0) is 12.5. The molecule has 0 aliphatic carbocycles. The Kier molecular flexibility index (Phi) is 4.41. The summed E-state index contributed by atoms with van der Waals surface area (Å²) in [6, 6.07) is 0. The molecule has 0 saturated carbocycles. The molecule has 9 nitrogen and oxygen atoms in total. The largest absolute Gasteiger partial charge is 0.472 e. The second-order valence-electron chi connectivity index (χ2n) is 3.29. The topological polar surface area (TPSA) is 157 Å². The number of rotatable bonds is 3. The van der Waals surface area contributed by atoms with Crippen LogP contribution in [0.2, 0.25) is 0 Å². The first-order valence-electron chi connectivity index (χ1n) is 4.30. The van der Waals surface area contributed by atoms with Gasteiger partial charge in [0.1, 0.15) is 24.4 Å². The van der Waals surface area contributed by atoms with E-state index in [9.17, 15) is 19.9 Å². The highest BCUT2D eigenvalue weighted by molar-refractivity contribution is 7.46. The fourth-order valence-corrected chi connectivity index (χ4v) is 1.73. The molecule has 0 aromatic heterocycles. The minimum absolute atomic E-state index is 0.702. The van der Waals surface area contributed by atoms with Crippen LogP contribution >= 0.6 is 7.82 Å². The first kappa shape index (κ1) is 14.0. The standard InChI is InChI=1S/C6H13O9P/c7-1-2-3(8)4(9)5(10)6(14-2)15-16(11,12)13/h2-10H,1H2,(H2,11,12,13)/t2?,3-,4?,5+,6-/m1/s1. The van der Waals surface area contributed by atoms with Crippen LogP contribution in [0.5, 0.6) is 0 Å². The lowest BCUT2D eigenvalue weighted by atomic mass is 10.00. The van der Waals surface area contributed by atoms with Gasteiger partial charge in [0.15, 0.2) is 6.29 Å². The molecule has 6 N–H and O–H groups in total. The second kappa shape index (κ2) is 5.05. The summed E-state index contributed by atoms with van der Waals surface area (Å²) in [5.41, 5.74) is 0. The molecule has 0 spiro atoms. The molecule has 0 aromatic rings. The van der Waals surface area contributed by atoms with Gasteiger partial charge in [0, 0.05) is 0 Å². The Morgan fingerprint density at radius 3 is 2.12 bits per heavy atom. The lowest BCUT2D eigenvalue weighted by Gasteiger charge is -2.39. The Morgan fingerprint density at radius 1 is 1.12 bits per heavy atom. The van der Waals surface area contributed by atoms with E-state index in [-0.39, 0.29) is 0 Å². The van der Waals surface area contributed by atoms with Crippen molar-refractivity contribution in [3.8, 4) is 0 Å². The lowest BCUT2D eigenvalue weighted by molar-refractivity contribution is -0.280. The van der Waals surface area contributed by atoms with Gasteiger partial charge in [-0.3, -0.25) is 4.52 Å². The summed E-state index contributed by atoms with van der Waals surface area (Å²) in [5, 5.41) is 36.6. The van der Waals surface area contributed by atoms with E-state index < -0.39 is 45.1 Å². The predicted octanol–water partition coefficient (Wildman–Crippen LogP) is -3.10. The van der Waals surface area contributed by atoms with E-state index in [0.29, 0.717) is 0 Å². The second-order valence-corrected chi connectivity index (χ2v) is 4.49. The smallest absolute Gasteiger partial charge is 0.394 e. The number of hydrogen-bond acceptors (Lipinski definition) is 7. The van der Waals surface area contributed by atoms with Crippen molar-refractivity contribution in [3.63, 3.8) is 0 Å². The Hall–Kier alpha value is -0.0900. The van der Waals surface area contributed by atoms with Gasteiger partial charge in [-0.25, -0.2) is 4.57 Å². The van der Waals surface area contributed by atoms with Crippen LogP contribution in [0.3, 0.4) is 0 Å². The Morgan fingerprint density at radius 2 is 1.69 bits per heavy atom. The average Bonchev–Trinajstić information content (AvgIpc) is 2.17. The first-order chi connectivity index (χ1) is 7.26. The van der Waals surface area contributed by atoms with E-state index in [1.54, 1.807) is 0 Å². The van der Waals surface area contributed by atoms with Crippen molar-refractivity contribution in [2.75, 3.05) is 6.61 Å². The van der Waals surface area contributed by atoms with Crippen LogP contribution in [0, 0.1) is 0 Å². The van der Waals surface area contributed by atoms with Crippen molar-refractivity contribution >= 4 is 7.82 Å². The van der Waals surface area contributed by atoms with E-state index >= 15 is 0 Å². The molecule has 0 aromatic carbocycles. The van der Waals surface area contributed by atoms with Crippen LogP contribution in [-0.4, -0.2) is 67.5 Å². The molecule has 10 heteroatoms. The quantitative estimate of drug-likeness (QED) is 0.289. The Bertz CT molecular complexity index is 275. The summed E-state index contributed by atoms with van der Waals surface area (Å²) in [6.45, 7) is -0.702. The van der Waals surface area contributed by atoms with Crippen LogP contribution in [0.25, 0.3) is 0 Å². The molecular weight excluding hydrogens is 247 g/mol. The highest BCUT2D eigenvalue weighted by atomic mass is 31.2. The normalized spacial score (nSPS) is 41.0. The molecule has 0 bridgehead atoms. The van der Waals surface area contributed by atoms with E-state index in [2.05, 4.69) is 9.26 Å². The maximum absolute atomic E-state index is 10.5. The van der Waals surface area contributed by atoms with Crippen molar-refractivity contribution in [2.45, 2.75) is 30.7 Å². The molecule has 5 atom stereocenters. The Balaban J connectivity index is 2.75. The molecule has 1 aliphatic heterocycles. The van der Waals surface area contributed by atoms with E-state index in [1.165, 1.54) is 0 Å². The van der Waals surface area contributed by atoms with Crippen molar-refractivity contribution in [2.24, 2.45) is 0 Å². The number of ether oxygens (including phenoxy) is 1. The molecule has 1 aliphatic rings. The van der Waals surface area contributed by atoms with Crippen LogP contribution < -0.4 is 0 Å². The number of aliphatic hydroxyl groups excluding tert-OH is 4. The molecule has 0 radical (unpaired) electrons. The molecule has 1 rings (SSSR count). The fraction of sp³-hybridized carbons (Fsp3) is 1.00. The van der Waals surface area contributed by atoms with E-state index in [0.717, 1.165) is 0 Å². The highest BCUT2D eigenvalue weighted by Crippen LogP contribution is 2.40. The summed E-state index contributed by atoms with van der Waals surface area (Å²) in [5.74, 6) is 0. The molecule has 2 unspecified atom stereocenters. The molecule has 0 amide bonds. The molecular formula is C6H13O9P. The van der Waals surface area contributed by atoms with E-state index in [1.807, 2.05) is 0 Å². The number of phosphoric ester groups is 1. The van der Waals surface area contributed by atoms with Gasteiger partial charge in [-0.1, -0.05) is 0 Å². The molecule has 96 valence electrons. The zero-order valence-corrected chi connectivity index (χ0v) is 8.84. The summed E-state index contributed by atoms with van der Waals surface area (Å²) in [4.78, 5) is 17.0. The minimum atomic E-state index is -4.91. The fourth-order valence-electron chi connectivity index (χ4n) is 1.29.